The molecule has 0 saturated carbocycles. The number of nitrogens with two attached hydrogens (primary N) is 1. The van der Waals surface area contributed by atoms with E-state index in [0.717, 1.165) is 23.0 Å². The van der Waals surface area contributed by atoms with Gasteiger partial charge < -0.3 is 5.73 Å². The minimum Gasteiger partial charge on any atom is -0.397 e. The Morgan fingerprint density at radius 2 is 1.94 bits per heavy atom. The first-order valence-electron chi connectivity index (χ1n) is 6.23. The molecule has 3 heteroatoms. The zero-order chi connectivity index (χ0) is 12.9. The van der Waals surface area contributed by atoms with Crippen molar-refractivity contribution in [3.8, 4) is 0 Å². The molecule has 1 heterocycles. The topological polar surface area (TPSA) is 57.2 Å². The second kappa shape index (κ2) is 3.55. The summed E-state index contributed by atoms with van der Waals surface area (Å²) in [6.45, 7) is 4.24. The summed E-state index contributed by atoms with van der Waals surface area (Å²) >= 11 is 0. The smallest absolute Gasteiger partial charge is 0.213 e. The second-order valence-corrected chi connectivity index (χ2v) is 5.88. The van der Waals surface area contributed by atoms with Gasteiger partial charge in [-0.05, 0) is 11.5 Å². The molecule has 0 bridgehead atoms. The summed E-state index contributed by atoms with van der Waals surface area (Å²) in [6, 6.07) is 7.86. The number of benzene rings is 1. The van der Waals surface area contributed by atoms with E-state index < -0.39 is 0 Å². The van der Waals surface area contributed by atoms with Crippen molar-refractivity contribution >= 4 is 22.4 Å². The molecule has 0 atom stereocenters. The molecule has 1 aromatic heterocycles. The van der Waals surface area contributed by atoms with Crippen molar-refractivity contribution in [2.24, 2.45) is 5.41 Å². The van der Waals surface area contributed by atoms with E-state index in [9.17, 15) is 4.79 Å². The molecule has 2 aromatic rings. The minimum absolute atomic E-state index is 0.00941. The summed E-state index contributed by atoms with van der Waals surface area (Å²) < 4.78 is 0. The minimum atomic E-state index is 0.00941. The molecule has 1 aliphatic carbocycles. The fourth-order valence-corrected chi connectivity index (χ4v) is 2.86. The third-order valence-electron chi connectivity index (χ3n) is 3.65. The van der Waals surface area contributed by atoms with Gasteiger partial charge in [0.1, 0.15) is 5.56 Å². The fourth-order valence-electron chi connectivity index (χ4n) is 2.86. The predicted molar refractivity (Wildman–Crippen MR) is 71.3 cm³/mol. The standard InChI is InChI=1S/C15H16N2O/c1-15(2)7-11-13(12(18)8-15)14(16)9-5-3-4-6-10(9)17-11/h3-6H,7-8H2,1-2H3,(H2,16,17)/p+1. The molecular weight excluding hydrogens is 224 g/mol. The molecule has 0 spiro atoms. The summed E-state index contributed by atoms with van der Waals surface area (Å²) in [7, 11) is 0. The van der Waals surface area contributed by atoms with Crippen molar-refractivity contribution < 1.29 is 9.78 Å². The molecule has 1 aromatic carbocycles. The molecule has 0 fully saturated rings. The zero-order valence-corrected chi connectivity index (χ0v) is 10.7. The van der Waals surface area contributed by atoms with Crippen molar-refractivity contribution in [1.29, 1.82) is 0 Å². The number of nitrogen functional groups attached to an aromatic ring is 1. The van der Waals surface area contributed by atoms with Gasteiger partial charge in [0.2, 0.25) is 5.52 Å². The second-order valence-electron chi connectivity index (χ2n) is 5.88. The number of nitrogens with one attached hydrogen (secondary N) is 1. The Morgan fingerprint density at radius 3 is 2.72 bits per heavy atom. The first kappa shape index (κ1) is 11.2. The van der Waals surface area contributed by atoms with E-state index in [-0.39, 0.29) is 11.2 Å². The molecule has 0 unspecified atom stereocenters. The van der Waals surface area contributed by atoms with Crippen molar-refractivity contribution in [2.45, 2.75) is 26.7 Å². The van der Waals surface area contributed by atoms with Crippen LogP contribution in [-0.2, 0) is 6.42 Å². The van der Waals surface area contributed by atoms with Crippen LogP contribution in [-0.4, -0.2) is 5.78 Å². The van der Waals surface area contributed by atoms with Gasteiger partial charge >= 0.3 is 0 Å². The van der Waals surface area contributed by atoms with E-state index in [1.165, 1.54) is 0 Å². The molecule has 3 N–H and O–H groups in total. The highest BCUT2D eigenvalue weighted by Gasteiger charge is 2.37. The Bertz CT molecular complexity index is 659. The molecule has 92 valence electrons. The van der Waals surface area contributed by atoms with Crippen LogP contribution in [0.1, 0.15) is 36.3 Å². The van der Waals surface area contributed by atoms with Crippen LogP contribution in [0.25, 0.3) is 10.9 Å². The molecule has 3 rings (SSSR count). The Balaban J connectivity index is 2.33. The van der Waals surface area contributed by atoms with Crippen LogP contribution < -0.4 is 10.7 Å². The third-order valence-corrected chi connectivity index (χ3v) is 3.65. The normalized spacial score (nSPS) is 17.8. The third kappa shape index (κ3) is 1.58. The van der Waals surface area contributed by atoms with Crippen molar-refractivity contribution in [1.82, 2.24) is 0 Å². The van der Waals surface area contributed by atoms with E-state index >= 15 is 0 Å². The zero-order valence-electron chi connectivity index (χ0n) is 10.7. The number of carbonyl (C=O) groups is 1. The van der Waals surface area contributed by atoms with Gasteiger partial charge in [-0.3, -0.25) is 4.79 Å². The lowest BCUT2D eigenvalue weighted by molar-refractivity contribution is -0.360. The van der Waals surface area contributed by atoms with E-state index in [0.29, 0.717) is 17.7 Å². The van der Waals surface area contributed by atoms with Crippen LogP contribution in [0.4, 0.5) is 5.69 Å². The Morgan fingerprint density at radius 1 is 1.22 bits per heavy atom. The number of Topliss-reactive ketones (excluding diaryl/α,β-unsaturated/α-hetero) is 1. The van der Waals surface area contributed by atoms with Gasteiger partial charge in [-0.25, -0.2) is 4.98 Å². The van der Waals surface area contributed by atoms with Crippen molar-refractivity contribution in [2.75, 3.05) is 5.73 Å². The van der Waals surface area contributed by atoms with Crippen LogP contribution >= 0.6 is 0 Å². The average Bonchev–Trinajstić information content (AvgIpc) is 2.26. The lowest BCUT2D eigenvalue weighted by atomic mass is 9.75. The number of carbonyl (C=O) groups excluding carboxylic acids is 1. The molecule has 0 radical (unpaired) electrons. The molecule has 1 aliphatic rings. The molecule has 0 saturated heterocycles. The number of H-pyrrole nitrogens is 1. The largest absolute Gasteiger partial charge is 0.397 e. The van der Waals surface area contributed by atoms with Crippen molar-refractivity contribution in [3.05, 3.63) is 35.5 Å². The van der Waals surface area contributed by atoms with Gasteiger partial charge in [0.25, 0.3) is 0 Å². The number of aromatic amines is 1. The summed E-state index contributed by atoms with van der Waals surface area (Å²) in [5, 5.41) is 0.935. The molecule has 0 aliphatic heterocycles. The molecular formula is C15H17N2O+. The van der Waals surface area contributed by atoms with E-state index in [1.807, 2.05) is 24.3 Å². The first-order chi connectivity index (χ1) is 8.48. The Hall–Kier alpha value is -1.90. The maximum absolute atomic E-state index is 12.3. The monoisotopic (exact) mass is 241 g/mol. The number of pyridine rings is 1. The number of anilines is 1. The number of hydrogen-bond donors (Lipinski definition) is 1. The highest BCUT2D eigenvalue weighted by molar-refractivity contribution is 6.08. The number of ketones is 1. The van der Waals surface area contributed by atoms with Crippen LogP contribution in [0.3, 0.4) is 0 Å². The average molecular weight is 241 g/mol. The van der Waals surface area contributed by atoms with Gasteiger partial charge in [0.15, 0.2) is 11.5 Å². The number of hydrogen-bond acceptors (Lipinski definition) is 2. The van der Waals surface area contributed by atoms with Crippen LogP contribution in [0.15, 0.2) is 24.3 Å². The summed E-state index contributed by atoms with van der Waals surface area (Å²) in [5.74, 6) is 0.153. The van der Waals surface area contributed by atoms with E-state index in [2.05, 4.69) is 18.8 Å². The molecule has 0 amide bonds. The summed E-state index contributed by atoms with van der Waals surface area (Å²) in [6.07, 6.45) is 1.43. The van der Waals surface area contributed by atoms with Gasteiger partial charge in [0.05, 0.1) is 11.1 Å². The number of fused-ring (bicyclic) bond motifs is 2. The quantitative estimate of drug-likeness (QED) is 0.770. The number of para-hydroxylation sites is 1. The lowest BCUT2D eigenvalue weighted by Crippen LogP contribution is -2.33. The van der Waals surface area contributed by atoms with Crippen molar-refractivity contribution in [3.63, 3.8) is 0 Å². The van der Waals surface area contributed by atoms with Crippen LogP contribution in [0, 0.1) is 5.41 Å². The Labute approximate surface area is 106 Å². The molecule has 3 nitrogen and oxygen atoms in total. The van der Waals surface area contributed by atoms with Gasteiger partial charge in [0, 0.05) is 18.9 Å². The van der Waals surface area contributed by atoms with Crippen LogP contribution in [0.5, 0.6) is 0 Å². The summed E-state index contributed by atoms with van der Waals surface area (Å²) in [4.78, 5) is 15.6. The number of aromatic nitrogens is 1. The SMILES string of the molecule is CC1(C)CC(=O)c2c([nH+]c3ccccc3c2N)C1. The highest BCUT2D eigenvalue weighted by atomic mass is 16.1. The fraction of sp³-hybridized carbons (Fsp3) is 0.333. The maximum Gasteiger partial charge on any atom is 0.213 e. The predicted octanol–water partition coefficient (Wildman–Crippen LogP) is 2.39. The highest BCUT2D eigenvalue weighted by Crippen LogP contribution is 2.36. The van der Waals surface area contributed by atoms with Crippen LogP contribution in [0.2, 0.25) is 0 Å². The van der Waals surface area contributed by atoms with E-state index in [4.69, 9.17) is 5.73 Å². The lowest BCUT2D eigenvalue weighted by Gasteiger charge is -2.27. The number of rotatable bonds is 0. The first-order valence-corrected chi connectivity index (χ1v) is 6.23. The van der Waals surface area contributed by atoms with E-state index in [1.54, 1.807) is 0 Å². The Kier molecular flexibility index (Phi) is 2.21. The summed E-state index contributed by atoms with van der Waals surface area (Å²) in [5.41, 5.74) is 9.49. The van der Waals surface area contributed by atoms with Gasteiger partial charge in [-0.15, -0.1) is 0 Å². The maximum atomic E-state index is 12.3. The molecule has 18 heavy (non-hydrogen) atoms. The van der Waals surface area contributed by atoms with Gasteiger partial charge in [-0.1, -0.05) is 26.0 Å². The van der Waals surface area contributed by atoms with Gasteiger partial charge in [-0.2, -0.15) is 0 Å².